The Hall–Kier alpha value is -2.73. The minimum atomic E-state index is -0.155. The highest BCUT2D eigenvalue weighted by molar-refractivity contribution is 7.14. The maximum absolute atomic E-state index is 12.3. The predicted octanol–water partition coefficient (Wildman–Crippen LogP) is 3.56. The summed E-state index contributed by atoms with van der Waals surface area (Å²) >= 11 is 1.40. The van der Waals surface area contributed by atoms with Gasteiger partial charge in [-0.15, -0.1) is 11.3 Å². The molecule has 0 unspecified atom stereocenters. The second-order valence-corrected chi connectivity index (χ2v) is 6.12. The van der Waals surface area contributed by atoms with E-state index in [1.165, 1.54) is 16.2 Å². The van der Waals surface area contributed by atoms with E-state index < -0.39 is 0 Å². The van der Waals surface area contributed by atoms with E-state index in [0.717, 1.165) is 17.0 Å². The Morgan fingerprint density at radius 3 is 2.67 bits per heavy atom. The molecule has 0 atom stereocenters. The Balaban J connectivity index is 1.63. The van der Waals surface area contributed by atoms with Gasteiger partial charge in [0.05, 0.1) is 5.69 Å². The van der Waals surface area contributed by atoms with Gasteiger partial charge in [0.1, 0.15) is 11.4 Å². The number of hydrogen-bond donors (Lipinski definition) is 0. The number of anilines is 1. The molecule has 122 valence electrons. The van der Waals surface area contributed by atoms with Crippen molar-refractivity contribution >= 4 is 22.4 Å². The van der Waals surface area contributed by atoms with Crippen LogP contribution < -0.4 is 9.64 Å². The van der Waals surface area contributed by atoms with Gasteiger partial charge in [0.25, 0.3) is 5.91 Å². The number of carbonyl (C=O) groups excluding carboxylic acids is 1. The molecule has 0 N–H and O–H groups in total. The number of benzene rings is 1. The molecule has 2 aromatic heterocycles. The number of aryl methyl sites for hydroxylation is 1. The SMILES string of the molecule is Cc1ccc(OCC(=O)N(C)c2nc(-c3ccccn3)cs2)cc1. The minimum Gasteiger partial charge on any atom is -0.484 e. The molecule has 1 aromatic carbocycles. The van der Waals surface area contributed by atoms with Gasteiger partial charge in [-0.05, 0) is 31.2 Å². The highest BCUT2D eigenvalue weighted by atomic mass is 32.1. The van der Waals surface area contributed by atoms with Crippen LogP contribution in [0.1, 0.15) is 5.56 Å². The number of carbonyl (C=O) groups is 1. The third-order valence-corrected chi connectivity index (χ3v) is 4.38. The number of hydrogen-bond acceptors (Lipinski definition) is 5. The first-order chi connectivity index (χ1) is 11.6. The van der Waals surface area contributed by atoms with Crippen molar-refractivity contribution in [3.63, 3.8) is 0 Å². The van der Waals surface area contributed by atoms with Crippen molar-refractivity contribution in [2.45, 2.75) is 6.92 Å². The molecule has 0 radical (unpaired) electrons. The van der Waals surface area contributed by atoms with Crippen molar-refractivity contribution in [2.75, 3.05) is 18.6 Å². The van der Waals surface area contributed by atoms with Crippen LogP contribution in [0.4, 0.5) is 5.13 Å². The van der Waals surface area contributed by atoms with Gasteiger partial charge in [-0.3, -0.25) is 14.7 Å². The van der Waals surface area contributed by atoms with Crippen LogP contribution in [0, 0.1) is 6.92 Å². The highest BCUT2D eigenvalue weighted by Gasteiger charge is 2.16. The molecule has 0 spiro atoms. The Kier molecular flexibility index (Phi) is 4.86. The fraction of sp³-hybridized carbons (Fsp3) is 0.167. The average molecular weight is 339 g/mol. The van der Waals surface area contributed by atoms with E-state index in [4.69, 9.17) is 4.74 Å². The quantitative estimate of drug-likeness (QED) is 0.713. The lowest BCUT2D eigenvalue weighted by molar-refractivity contribution is -0.120. The van der Waals surface area contributed by atoms with Crippen LogP contribution in [0.25, 0.3) is 11.4 Å². The van der Waals surface area contributed by atoms with E-state index in [-0.39, 0.29) is 12.5 Å². The fourth-order valence-corrected chi connectivity index (χ4v) is 2.83. The lowest BCUT2D eigenvalue weighted by Gasteiger charge is -2.14. The number of thiazole rings is 1. The molecule has 0 fully saturated rings. The Bertz CT molecular complexity index is 816. The van der Waals surface area contributed by atoms with Gasteiger partial charge < -0.3 is 4.74 Å². The first kappa shape index (κ1) is 16.1. The minimum absolute atomic E-state index is 0.0297. The fourth-order valence-electron chi connectivity index (χ4n) is 2.03. The van der Waals surface area contributed by atoms with E-state index in [0.29, 0.717) is 10.9 Å². The van der Waals surface area contributed by atoms with Gasteiger partial charge in [-0.1, -0.05) is 23.8 Å². The summed E-state index contributed by atoms with van der Waals surface area (Å²) in [5.74, 6) is 0.521. The van der Waals surface area contributed by atoms with Crippen molar-refractivity contribution in [3.05, 3.63) is 59.6 Å². The molecule has 0 aliphatic heterocycles. The molecule has 0 bridgehead atoms. The van der Waals surface area contributed by atoms with Crippen LogP contribution in [-0.2, 0) is 4.79 Å². The molecular weight excluding hydrogens is 322 g/mol. The summed E-state index contributed by atoms with van der Waals surface area (Å²) in [6.45, 7) is 1.97. The van der Waals surface area contributed by atoms with Crippen molar-refractivity contribution in [1.29, 1.82) is 0 Å². The van der Waals surface area contributed by atoms with Gasteiger partial charge in [0.2, 0.25) is 0 Å². The maximum atomic E-state index is 12.3. The van der Waals surface area contributed by atoms with Gasteiger partial charge in [-0.2, -0.15) is 0 Å². The average Bonchev–Trinajstić information content (AvgIpc) is 3.11. The van der Waals surface area contributed by atoms with Crippen molar-refractivity contribution < 1.29 is 9.53 Å². The molecule has 6 heteroatoms. The highest BCUT2D eigenvalue weighted by Crippen LogP contribution is 2.25. The maximum Gasteiger partial charge on any atom is 0.266 e. The molecule has 0 aliphatic rings. The number of amides is 1. The summed E-state index contributed by atoms with van der Waals surface area (Å²) < 4.78 is 5.53. The zero-order valence-electron chi connectivity index (χ0n) is 13.5. The standard InChI is InChI=1S/C18H17N3O2S/c1-13-6-8-14(9-7-13)23-11-17(22)21(2)18-20-16(12-24-18)15-5-3-4-10-19-15/h3-10,12H,11H2,1-2H3. The molecular formula is C18H17N3O2S. The smallest absolute Gasteiger partial charge is 0.266 e. The van der Waals surface area contributed by atoms with Gasteiger partial charge in [0, 0.05) is 18.6 Å². The van der Waals surface area contributed by atoms with Crippen LogP contribution in [0.5, 0.6) is 5.75 Å². The predicted molar refractivity (Wildman–Crippen MR) is 95.4 cm³/mol. The summed E-state index contributed by atoms with van der Waals surface area (Å²) in [7, 11) is 1.70. The number of rotatable bonds is 5. The molecule has 0 saturated carbocycles. The third kappa shape index (κ3) is 3.78. The molecule has 24 heavy (non-hydrogen) atoms. The van der Waals surface area contributed by atoms with E-state index in [9.17, 15) is 4.79 Å². The van der Waals surface area contributed by atoms with Crippen LogP contribution >= 0.6 is 11.3 Å². The van der Waals surface area contributed by atoms with E-state index in [2.05, 4.69) is 9.97 Å². The van der Waals surface area contributed by atoms with Crippen LogP contribution in [0.2, 0.25) is 0 Å². The molecule has 1 amide bonds. The lowest BCUT2D eigenvalue weighted by Crippen LogP contribution is -2.31. The molecule has 2 heterocycles. The van der Waals surface area contributed by atoms with Crippen molar-refractivity contribution in [2.24, 2.45) is 0 Å². The van der Waals surface area contributed by atoms with Crippen LogP contribution in [0.3, 0.4) is 0 Å². The summed E-state index contributed by atoms with van der Waals surface area (Å²) in [4.78, 5) is 22.5. The zero-order valence-corrected chi connectivity index (χ0v) is 14.3. The van der Waals surface area contributed by atoms with Crippen LogP contribution in [-0.4, -0.2) is 29.5 Å². The molecule has 3 rings (SSSR count). The Morgan fingerprint density at radius 2 is 1.96 bits per heavy atom. The van der Waals surface area contributed by atoms with E-state index in [1.54, 1.807) is 13.2 Å². The Labute approximate surface area is 144 Å². The largest absolute Gasteiger partial charge is 0.484 e. The van der Waals surface area contributed by atoms with Gasteiger partial charge >= 0.3 is 0 Å². The summed E-state index contributed by atoms with van der Waals surface area (Å²) in [5, 5.41) is 2.51. The Morgan fingerprint density at radius 1 is 1.17 bits per heavy atom. The summed E-state index contributed by atoms with van der Waals surface area (Å²) in [6.07, 6.45) is 1.72. The zero-order chi connectivity index (χ0) is 16.9. The van der Waals surface area contributed by atoms with Crippen molar-refractivity contribution in [1.82, 2.24) is 9.97 Å². The first-order valence-electron chi connectivity index (χ1n) is 7.46. The van der Waals surface area contributed by atoms with E-state index in [1.807, 2.05) is 54.8 Å². The number of likely N-dealkylation sites (N-methyl/N-ethyl adjacent to an activating group) is 1. The number of ether oxygens (including phenoxy) is 1. The first-order valence-corrected chi connectivity index (χ1v) is 8.34. The van der Waals surface area contributed by atoms with Crippen molar-refractivity contribution in [3.8, 4) is 17.1 Å². The van der Waals surface area contributed by atoms with Crippen LogP contribution in [0.15, 0.2) is 54.0 Å². The molecule has 5 nitrogen and oxygen atoms in total. The van der Waals surface area contributed by atoms with Gasteiger partial charge in [-0.25, -0.2) is 4.98 Å². The molecule has 3 aromatic rings. The molecule has 0 aliphatic carbocycles. The summed E-state index contributed by atoms with van der Waals surface area (Å²) in [5.41, 5.74) is 2.70. The lowest BCUT2D eigenvalue weighted by atomic mass is 10.2. The van der Waals surface area contributed by atoms with Gasteiger partial charge in [0.15, 0.2) is 11.7 Å². The number of nitrogens with zero attached hydrogens (tertiary/aromatic N) is 3. The number of aromatic nitrogens is 2. The topological polar surface area (TPSA) is 55.3 Å². The van der Waals surface area contributed by atoms with E-state index >= 15 is 0 Å². The summed E-state index contributed by atoms with van der Waals surface area (Å²) in [6, 6.07) is 13.3. The third-order valence-electron chi connectivity index (χ3n) is 3.46. The second-order valence-electron chi connectivity index (χ2n) is 5.28. The normalized spacial score (nSPS) is 10.4. The monoisotopic (exact) mass is 339 g/mol. The molecule has 0 saturated heterocycles. The number of pyridine rings is 1. The second kappa shape index (κ2) is 7.23.